The quantitative estimate of drug-likeness (QED) is 0.403. The van der Waals surface area contributed by atoms with Crippen LogP contribution in [0.4, 0.5) is 0 Å². The zero-order valence-electron chi connectivity index (χ0n) is 14.4. The van der Waals surface area contributed by atoms with Crippen molar-refractivity contribution < 1.29 is 9.90 Å². The number of carbonyl (C=O) groups is 1. The first kappa shape index (κ1) is 18.7. The summed E-state index contributed by atoms with van der Waals surface area (Å²) in [6, 6.07) is 18.4. The van der Waals surface area contributed by atoms with Gasteiger partial charge in [0.25, 0.3) is 0 Å². The summed E-state index contributed by atoms with van der Waals surface area (Å²) in [4.78, 5) is 12.0. The maximum absolute atomic E-state index is 11.0. The second kappa shape index (κ2) is 8.18. The zero-order chi connectivity index (χ0) is 19.5. The maximum atomic E-state index is 11.0. The summed E-state index contributed by atoms with van der Waals surface area (Å²) in [6.45, 7) is 0. The molecule has 0 amide bonds. The van der Waals surface area contributed by atoms with Gasteiger partial charge in [0, 0.05) is 10.8 Å². The van der Waals surface area contributed by atoms with Gasteiger partial charge in [0.15, 0.2) is 11.0 Å². The number of rotatable bonds is 6. The average molecular weight is 428 g/mol. The first-order chi connectivity index (χ1) is 13.6. The van der Waals surface area contributed by atoms with Crippen molar-refractivity contribution in [3.63, 3.8) is 0 Å². The van der Waals surface area contributed by atoms with Crippen molar-refractivity contribution in [2.45, 2.75) is 10.9 Å². The number of hydrogen-bond acceptors (Lipinski definition) is 5. The molecule has 2 aromatic heterocycles. The Morgan fingerprint density at radius 2 is 1.93 bits per heavy atom. The Balaban J connectivity index is 1.66. The van der Waals surface area contributed by atoms with Crippen molar-refractivity contribution in [2.24, 2.45) is 0 Å². The first-order valence-electron chi connectivity index (χ1n) is 8.32. The van der Waals surface area contributed by atoms with Gasteiger partial charge in [-0.15, -0.1) is 21.5 Å². The fourth-order valence-corrected chi connectivity index (χ4v) is 4.46. The molecule has 0 saturated heterocycles. The van der Waals surface area contributed by atoms with Crippen molar-refractivity contribution in [3.8, 4) is 16.4 Å². The lowest BCUT2D eigenvalue weighted by molar-refractivity contribution is 0.0697. The number of aromatic nitrogens is 3. The van der Waals surface area contributed by atoms with E-state index in [0.29, 0.717) is 10.8 Å². The van der Waals surface area contributed by atoms with E-state index in [-0.39, 0.29) is 5.56 Å². The lowest BCUT2D eigenvalue weighted by Crippen LogP contribution is -1.99. The Bertz CT molecular complexity index is 1110. The largest absolute Gasteiger partial charge is 0.478 e. The van der Waals surface area contributed by atoms with Crippen LogP contribution in [0.15, 0.2) is 71.2 Å². The van der Waals surface area contributed by atoms with E-state index in [2.05, 4.69) is 10.2 Å². The Morgan fingerprint density at radius 1 is 1.11 bits per heavy atom. The molecule has 28 heavy (non-hydrogen) atoms. The van der Waals surface area contributed by atoms with E-state index in [9.17, 15) is 4.79 Å². The summed E-state index contributed by atoms with van der Waals surface area (Å²) in [5, 5.41) is 21.2. The van der Waals surface area contributed by atoms with E-state index in [4.69, 9.17) is 16.7 Å². The molecule has 0 radical (unpaired) electrons. The van der Waals surface area contributed by atoms with E-state index >= 15 is 0 Å². The van der Waals surface area contributed by atoms with Gasteiger partial charge in [-0.1, -0.05) is 47.6 Å². The van der Waals surface area contributed by atoms with Crippen molar-refractivity contribution in [1.82, 2.24) is 14.8 Å². The van der Waals surface area contributed by atoms with Gasteiger partial charge in [0.2, 0.25) is 0 Å². The number of halogens is 1. The van der Waals surface area contributed by atoms with Gasteiger partial charge < -0.3 is 5.11 Å². The SMILES string of the molecule is O=C(O)c1ccc(CSc2nnc(-c3cccs3)n2-c2cccc(Cl)c2)cc1. The van der Waals surface area contributed by atoms with Crippen LogP contribution < -0.4 is 0 Å². The molecule has 0 spiro atoms. The molecule has 2 aromatic carbocycles. The highest BCUT2D eigenvalue weighted by Gasteiger charge is 2.17. The summed E-state index contributed by atoms with van der Waals surface area (Å²) in [7, 11) is 0. The van der Waals surface area contributed by atoms with E-state index < -0.39 is 5.97 Å². The number of nitrogens with zero attached hydrogens (tertiary/aromatic N) is 3. The molecule has 0 aliphatic rings. The standard InChI is InChI=1S/C20H14ClN3O2S2/c21-15-3-1-4-16(11-15)24-18(17-5-2-10-27-17)22-23-20(24)28-12-13-6-8-14(9-7-13)19(25)26/h1-11H,12H2,(H,25,26). The molecule has 0 saturated carbocycles. The highest BCUT2D eigenvalue weighted by molar-refractivity contribution is 7.98. The van der Waals surface area contributed by atoms with Crippen LogP contribution in [0.5, 0.6) is 0 Å². The van der Waals surface area contributed by atoms with Crippen LogP contribution >= 0.6 is 34.7 Å². The van der Waals surface area contributed by atoms with Crippen LogP contribution in [-0.4, -0.2) is 25.8 Å². The Kier molecular flexibility index (Phi) is 5.47. The van der Waals surface area contributed by atoms with Crippen LogP contribution in [0.1, 0.15) is 15.9 Å². The van der Waals surface area contributed by atoms with Crippen LogP contribution in [-0.2, 0) is 5.75 Å². The molecule has 0 unspecified atom stereocenters. The molecule has 1 N–H and O–H groups in total. The third kappa shape index (κ3) is 3.96. The molecule has 0 fully saturated rings. The lowest BCUT2D eigenvalue weighted by atomic mass is 10.1. The molecule has 0 atom stereocenters. The summed E-state index contributed by atoms with van der Waals surface area (Å²) >= 11 is 9.33. The lowest BCUT2D eigenvalue weighted by Gasteiger charge is -2.10. The van der Waals surface area contributed by atoms with Crippen LogP contribution in [0.3, 0.4) is 0 Å². The Labute approximate surface area is 174 Å². The number of carboxylic acids is 1. The Morgan fingerprint density at radius 3 is 2.61 bits per heavy atom. The molecule has 4 rings (SSSR count). The summed E-state index contributed by atoms with van der Waals surface area (Å²) < 4.78 is 1.99. The van der Waals surface area contributed by atoms with E-state index in [0.717, 1.165) is 27.1 Å². The topological polar surface area (TPSA) is 68.0 Å². The third-order valence-electron chi connectivity index (χ3n) is 4.01. The number of thiophene rings is 1. The zero-order valence-corrected chi connectivity index (χ0v) is 16.8. The van der Waals surface area contributed by atoms with Crippen LogP contribution in [0.25, 0.3) is 16.4 Å². The number of carboxylic acid groups (broad SMARTS) is 1. The predicted octanol–water partition coefficient (Wildman–Crippen LogP) is 5.64. The minimum Gasteiger partial charge on any atom is -0.478 e. The summed E-state index contributed by atoms with van der Waals surface area (Å²) in [5.74, 6) is 0.477. The molecule has 0 aliphatic heterocycles. The average Bonchev–Trinajstić information content (AvgIpc) is 3.36. The summed E-state index contributed by atoms with van der Waals surface area (Å²) in [5.41, 5.74) is 2.17. The molecule has 140 valence electrons. The van der Waals surface area contributed by atoms with Gasteiger partial charge in [0.1, 0.15) is 0 Å². The van der Waals surface area contributed by atoms with Crippen molar-refractivity contribution >= 4 is 40.7 Å². The van der Waals surface area contributed by atoms with Gasteiger partial charge in [-0.3, -0.25) is 4.57 Å². The van der Waals surface area contributed by atoms with Gasteiger partial charge in [-0.2, -0.15) is 0 Å². The molecule has 4 aromatic rings. The van der Waals surface area contributed by atoms with E-state index in [1.165, 1.54) is 11.8 Å². The fraction of sp³-hybridized carbons (Fsp3) is 0.0500. The van der Waals surface area contributed by atoms with Gasteiger partial charge in [-0.25, -0.2) is 4.79 Å². The molecular weight excluding hydrogens is 414 g/mol. The van der Waals surface area contributed by atoms with Crippen molar-refractivity contribution in [3.05, 3.63) is 82.2 Å². The molecule has 0 aliphatic carbocycles. The molecular formula is C20H14ClN3O2S2. The Hall–Kier alpha value is -2.61. The minimum absolute atomic E-state index is 0.274. The number of hydrogen-bond donors (Lipinski definition) is 1. The van der Waals surface area contributed by atoms with Gasteiger partial charge >= 0.3 is 5.97 Å². The predicted molar refractivity (Wildman–Crippen MR) is 113 cm³/mol. The number of benzene rings is 2. The van der Waals surface area contributed by atoms with Gasteiger partial charge in [0.05, 0.1) is 16.1 Å². The molecule has 5 nitrogen and oxygen atoms in total. The maximum Gasteiger partial charge on any atom is 0.335 e. The van der Waals surface area contributed by atoms with Crippen molar-refractivity contribution in [1.29, 1.82) is 0 Å². The van der Waals surface area contributed by atoms with E-state index in [1.807, 2.05) is 58.5 Å². The highest BCUT2D eigenvalue weighted by Crippen LogP contribution is 2.32. The summed E-state index contributed by atoms with van der Waals surface area (Å²) in [6.07, 6.45) is 0. The fourth-order valence-electron chi connectivity index (χ4n) is 2.67. The second-order valence-electron chi connectivity index (χ2n) is 5.89. The van der Waals surface area contributed by atoms with Gasteiger partial charge in [-0.05, 0) is 47.3 Å². The normalized spacial score (nSPS) is 10.9. The van der Waals surface area contributed by atoms with Crippen LogP contribution in [0.2, 0.25) is 5.02 Å². The minimum atomic E-state index is -0.930. The van der Waals surface area contributed by atoms with Crippen molar-refractivity contribution in [2.75, 3.05) is 0 Å². The molecule has 2 heterocycles. The molecule has 8 heteroatoms. The molecule has 0 bridgehead atoms. The number of thioether (sulfide) groups is 1. The first-order valence-corrected chi connectivity index (χ1v) is 10.6. The van der Waals surface area contributed by atoms with Crippen LogP contribution in [0, 0.1) is 0 Å². The van der Waals surface area contributed by atoms with E-state index in [1.54, 1.807) is 23.5 Å². The smallest absolute Gasteiger partial charge is 0.335 e. The third-order valence-corrected chi connectivity index (χ3v) is 6.11. The number of aromatic carboxylic acids is 1. The monoisotopic (exact) mass is 427 g/mol. The highest BCUT2D eigenvalue weighted by atomic mass is 35.5. The second-order valence-corrected chi connectivity index (χ2v) is 8.22.